The third kappa shape index (κ3) is 3.93. The Balaban J connectivity index is 1.27. The number of carbonyl (C=O) groups excluding carboxylic acids is 1. The molecule has 0 aromatic carbocycles. The molecule has 168 valence electrons. The summed E-state index contributed by atoms with van der Waals surface area (Å²) >= 11 is 0. The Bertz CT molecular complexity index is 1060. The van der Waals surface area contributed by atoms with Gasteiger partial charge in [0.05, 0.1) is 12.2 Å². The minimum absolute atomic E-state index is 0.106. The molecular formula is C23H28N6O3. The van der Waals surface area contributed by atoms with Crippen LogP contribution in [-0.4, -0.2) is 49.7 Å². The molecule has 5 heterocycles. The zero-order chi connectivity index (χ0) is 22.1. The Hall–Kier alpha value is -3.04. The Morgan fingerprint density at radius 2 is 2.12 bits per heavy atom. The highest BCUT2D eigenvalue weighted by atomic mass is 16.5. The van der Waals surface area contributed by atoms with Crippen LogP contribution < -0.4 is 5.32 Å². The highest BCUT2D eigenvalue weighted by Gasteiger charge is 2.47. The van der Waals surface area contributed by atoms with E-state index in [-0.39, 0.29) is 5.91 Å². The highest BCUT2D eigenvalue weighted by molar-refractivity contribution is 5.80. The maximum atomic E-state index is 13.0. The van der Waals surface area contributed by atoms with Gasteiger partial charge in [-0.15, -0.1) is 0 Å². The van der Waals surface area contributed by atoms with Gasteiger partial charge in [0.1, 0.15) is 17.2 Å². The van der Waals surface area contributed by atoms with Crippen LogP contribution in [0.1, 0.15) is 41.2 Å². The predicted molar refractivity (Wildman–Crippen MR) is 115 cm³/mol. The average molecular weight is 437 g/mol. The standard InChI is InChI=1S/C23H28N6O3/c1-16-19(17(2)32-27-16)14-28-9-5-23(6-10-28)22-25-8-11-29(22)15-20(31-23)21(30)26-13-18-4-3-7-24-12-18/h3-4,7-8,11-12,20H,5-6,9-10,13-15H2,1-2H3,(H,26,30)/t20-/m0/s1. The number of hydrogen-bond acceptors (Lipinski definition) is 7. The molecule has 0 aliphatic carbocycles. The molecule has 1 amide bonds. The van der Waals surface area contributed by atoms with Gasteiger partial charge in [-0.3, -0.25) is 14.7 Å². The van der Waals surface area contributed by atoms with E-state index in [1.54, 1.807) is 18.6 Å². The van der Waals surface area contributed by atoms with Crippen LogP contribution in [0.4, 0.5) is 0 Å². The quantitative estimate of drug-likeness (QED) is 0.654. The number of likely N-dealkylation sites (tertiary alicyclic amines) is 1. The first-order valence-corrected chi connectivity index (χ1v) is 11.0. The molecule has 1 atom stereocenters. The zero-order valence-electron chi connectivity index (χ0n) is 18.5. The highest BCUT2D eigenvalue weighted by Crippen LogP contribution is 2.40. The zero-order valence-corrected chi connectivity index (χ0v) is 18.5. The normalized spacial score (nSPS) is 20.2. The summed E-state index contributed by atoms with van der Waals surface area (Å²) in [4.78, 5) is 24.1. The van der Waals surface area contributed by atoms with Crippen LogP contribution in [0.3, 0.4) is 0 Å². The van der Waals surface area contributed by atoms with Gasteiger partial charge in [0.15, 0.2) is 6.10 Å². The van der Waals surface area contributed by atoms with E-state index in [0.717, 1.165) is 60.9 Å². The number of imidazole rings is 1. The van der Waals surface area contributed by atoms with E-state index in [0.29, 0.717) is 13.1 Å². The third-order valence-corrected chi connectivity index (χ3v) is 6.56. The lowest BCUT2D eigenvalue weighted by Crippen LogP contribution is -2.53. The van der Waals surface area contributed by atoms with Crippen molar-refractivity contribution in [3.8, 4) is 0 Å². The van der Waals surface area contributed by atoms with Crippen molar-refractivity contribution in [2.24, 2.45) is 0 Å². The lowest BCUT2D eigenvalue weighted by atomic mass is 9.88. The van der Waals surface area contributed by atoms with Gasteiger partial charge in [-0.25, -0.2) is 4.98 Å². The van der Waals surface area contributed by atoms with E-state index in [4.69, 9.17) is 9.26 Å². The van der Waals surface area contributed by atoms with E-state index < -0.39 is 11.7 Å². The van der Waals surface area contributed by atoms with Crippen LogP contribution in [0.2, 0.25) is 0 Å². The number of amides is 1. The number of fused-ring (bicyclic) bond motifs is 2. The number of aromatic nitrogens is 4. The number of pyridine rings is 1. The fraction of sp³-hybridized carbons (Fsp3) is 0.478. The summed E-state index contributed by atoms with van der Waals surface area (Å²) in [5.74, 6) is 1.69. The Kier molecular flexibility index (Phi) is 5.52. The van der Waals surface area contributed by atoms with Gasteiger partial charge in [0, 0.05) is 56.5 Å². The molecule has 9 nitrogen and oxygen atoms in total. The molecule has 3 aromatic rings. The monoisotopic (exact) mass is 436 g/mol. The van der Waals surface area contributed by atoms with Crippen molar-refractivity contribution >= 4 is 5.91 Å². The second-order valence-corrected chi connectivity index (χ2v) is 8.66. The number of ether oxygens (including phenoxy) is 1. The fourth-order valence-electron chi connectivity index (χ4n) is 4.70. The lowest BCUT2D eigenvalue weighted by Gasteiger charge is -2.45. The molecule has 1 fully saturated rings. The summed E-state index contributed by atoms with van der Waals surface area (Å²) in [7, 11) is 0. The summed E-state index contributed by atoms with van der Waals surface area (Å²) in [6, 6.07) is 3.81. The second-order valence-electron chi connectivity index (χ2n) is 8.66. The van der Waals surface area contributed by atoms with E-state index >= 15 is 0 Å². The molecule has 32 heavy (non-hydrogen) atoms. The van der Waals surface area contributed by atoms with Crippen molar-refractivity contribution in [2.45, 2.75) is 58.0 Å². The van der Waals surface area contributed by atoms with Crippen molar-refractivity contribution in [1.29, 1.82) is 0 Å². The van der Waals surface area contributed by atoms with E-state index in [9.17, 15) is 4.79 Å². The van der Waals surface area contributed by atoms with Crippen LogP contribution in [-0.2, 0) is 34.8 Å². The van der Waals surface area contributed by atoms with E-state index in [1.807, 2.05) is 32.2 Å². The number of rotatable bonds is 5. The van der Waals surface area contributed by atoms with E-state index in [2.05, 4.69) is 29.9 Å². The van der Waals surface area contributed by atoms with Gasteiger partial charge in [-0.2, -0.15) is 0 Å². The maximum absolute atomic E-state index is 13.0. The van der Waals surface area contributed by atoms with Gasteiger partial charge >= 0.3 is 0 Å². The Morgan fingerprint density at radius 1 is 1.28 bits per heavy atom. The summed E-state index contributed by atoms with van der Waals surface area (Å²) < 4.78 is 13.9. The molecule has 0 saturated carbocycles. The molecule has 2 aliphatic heterocycles. The van der Waals surface area contributed by atoms with Gasteiger partial charge in [-0.05, 0) is 38.3 Å². The maximum Gasteiger partial charge on any atom is 0.251 e. The van der Waals surface area contributed by atoms with Crippen LogP contribution in [0.25, 0.3) is 0 Å². The molecule has 9 heteroatoms. The largest absolute Gasteiger partial charge is 0.361 e. The molecule has 5 rings (SSSR count). The minimum Gasteiger partial charge on any atom is -0.361 e. The smallest absolute Gasteiger partial charge is 0.251 e. The molecule has 3 aromatic heterocycles. The summed E-state index contributed by atoms with van der Waals surface area (Å²) in [5.41, 5.74) is 2.51. The summed E-state index contributed by atoms with van der Waals surface area (Å²) in [5, 5.41) is 7.07. The van der Waals surface area contributed by atoms with Crippen LogP contribution >= 0.6 is 0 Å². The first-order valence-electron chi connectivity index (χ1n) is 11.0. The molecule has 0 radical (unpaired) electrons. The number of nitrogens with zero attached hydrogens (tertiary/aromatic N) is 5. The number of aryl methyl sites for hydroxylation is 2. The number of piperidine rings is 1. The van der Waals surface area contributed by atoms with Crippen molar-refractivity contribution in [3.63, 3.8) is 0 Å². The second kappa shape index (κ2) is 8.48. The first-order chi connectivity index (χ1) is 15.5. The summed E-state index contributed by atoms with van der Waals surface area (Å²) in [6.07, 6.45) is 8.22. The Morgan fingerprint density at radius 3 is 2.84 bits per heavy atom. The SMILES string of the molecule is Cc1noc(C)c1CN1CCC2(CC1)O[C@H](C(=O)NCc1cccnc1)Cn1ccnc12. The average Bonchev–Trinajstić information content (AvgIpc) is 3.42. The van der Waals surface area contributed by atoms with E-state index in [1.165, 1.54) is 0 Å². The molecular weight excluding hydrogens is 408 g/mol. The van der Waals surface area contributed by atoms with Crippen molar-refractivity contribution in [1.82, 2.24) is 29.9 Å². The first kappa shape index (κ1) is 20.8. The molecule has 1 N–H and O–H groups in total. The third-order valence-electron chi connectivity index (χ3n) is 6.56. The minimum atomic E-state index is -0.553. The Labute approximate surface area is 186 Å². The van der Waals surface area contributed by atoms with Crippen molar-refractivity contribution in [3.05, 3.63) is 65.3 Å². The van der Waals surface area contributed by atoms with Crippen molar-refractivity contribution in [2.75, 3.05) is 13.1 Å². The van der Waals surface area contributed by atoms with Crippen LogP contribution in [0, 0.1) is 13.8 Å². The van der Waals surface area contributed by atoms with Gasteiger partial charge in [-0.1, -0.05) is 11.2 Å². The fourth-order valence-corrected chi connectivity index (χ4v) is 4.70. The number of carbonyl (C=O) groups is 1. The number of hydrogen-bond donors (Lipinski definition) is 1. The topological polar surface area (TPSA) is 98.3 Å². The van der Waals surface area contributed by atoms with Crippen molar-refractivity contribution < 1.29 is 14.1 Å². The van der Waals surface area contributed by atoms with Crippen LogP contribution in [0.5, 0.6) is 0 Å². The molecule has 1 spiro atoms. The predicted octanol–water partition coefficient (Wildman–Crippen LogP) is 2.09. The van der Waals surface area contributed by atoms with Gasteiger partial charge in [0.25, 0.3) is 5.91 Å². The molecule has 2 aliphatic rings. The molecule has 0 unspecified atom stereocenters. The lowest BCUT2D eigenvalue weighted by molar-refractivity contribution is -0.174. The van der Waals surface area contributed by atoms with Crippen LogP contribution in [0.15, 0.2) is 41.4 Å². The molecule has 1 saturated heterocycles. The van der Waals surface area contributed by atoms with Gasteiger partial charge < -0.3 is 19.1 Å². The summed E-state index contributed by atoms with van der Waals surface area (Å²) in [6.45, 7) is 7.34. The van der Waals surface area contributed by atoms with Gasteiger partial charge in [0.2, 0.25) is 0 Å². The molecule has 0 bridgehead atoms. The number of nitrogens with one attached hydrogen (secondary N) is 1.